The Bertz CT molecular complexity index is 1070. The average Bonchev–Trinajstić information content (AvgIpc) is 3.07. The molecule has 0 saturated heterocycles. The molecule has 134 valence electrons. The van der Waals surface area contributed by atoms with Crippen molar-refractivity contribution >= 4 is 10.9 Å². The molecule has 0 fully saturated rings. The van der Waals surface area contributed by atoms with Crippen LogP contribution in [0.3, 0.4) is 0 Å². The number of phenolic OH excluding ortho intramolecular Hbond substituents is 1. The van der Waals surface area contributed by atoms with Gasteiger partial charge in [-0.15, -0.1) is 0 Å². The molecule has 1 unspecified atom stereocenters. The van der Waals surface area contributed by atoms with E-state index in [1.165, 1.54) is 22.4 Å². The van der Waals surface area contributed by atoms with Crippen LogP contribution in [-0.2, 0) is 13.0 Å². The van der Waals surface area contributed by atoms with E-state index in [0.29, 0.717) is 5.75 Å². The van der Waals surface area contributed by atoms with Crippen LogP contribution in [0.1, 0.15) is 28.4 Å². The summed E-state index contributed by atoms with van der Waals surface area (Å²) in [6.45, 7) is 1.85. The van der Waals surface area contributed by atoms with Crippen LogP contribution in [0.25, 0.3) is 10.9 Å². The summed E-state index contributed by atoms with van der Waals surface area (Å²) in [4.78, 5) is 10.5. The summed E-state index contributed by atoms with van der Waals surface area (Å²) in [7, 11) is 0. The van der Waals surface area contributed by atoms with Crippen molar-refractivity contribution < 1.29 is 5.11 Å². The molecular formula is C23H21N3O. The second-order valence-electron chi connectivity index (χ2n) is 7.14. The number of aromatic amines is 1. The summed E-state index contributed by atoms with van der Waals surface area (Å²) in [5, 5.41) is 11.1. The Morgan fingerprint density at radius 1 is 1.07 bits per heavy atom. The minimum absolute atomic E-state index is 0.122. The smallest absolute Gasteiger partial charge is 0.116 e. The lowest BCUT2D eigenvalue weighted by Crippen LogP contribution is -2.35. The minimum Gasteiger partial charge on any atom is -0.508 e. The third-order valence-electron chi connectivity index (χ3n) is 5.44. The minimum atomic E-state index is 0.122. The SMILES string of the molecule is Oc1ccc2[nH]c3c(c2c1)CCN(Cc1ccccc1)C3c1cccnc1. The standard InChI is InChI=1S/C23H21N3O/c27-18-8-9-21-20(13-18)19-10-12-26(15-16-5-2-1-3-6-16)23(22(19)25-21)17-7-4-11-24-14-17/h1-9,11,13-14,23,25,27H,10,12,15H2. The molecule has 2 aromatic carbocycles. The summed E-state index contributed by atoms with van der Waals surface area (Å²) in [6, 6.07) is 20.4. The molecule has 5 rings (SSSR count). The molecule has 1 atom stereocenters. The molecule has 0 amide bonds. The maximum Gasteiger partial charge on any atom is 0.116 e. The highest BCUT2D eigenvalue weighted by Crippen LogP contribution is 2.39. The Labute approximate surface area is 158 Å². The van der Waals surface area contributed by atoms with Crippen molar-refractivity contribution in [1.29, 1.82) is 0 Å². The Morgan fingerprint density at radius 2 is 1.96 bits per heavy atom. The highest BCUT2D eigenvalue weighted by Gasteiger charge is 2.31. The fourth-order valence-electron chi connectivity index (χ4n) is 4.23. The van der Waals surface area contributed by atoms with Crippen molar-refractivity contribution in [3.05, 3.63) is 95.4 Å². The van der Waals surface area contributed by atoms with E-state index in [-0.39, 0.29) is 6.04 Å². The van der Waals surface area contributed by atoms with Crippen molar-refractivity contribution in [2.75, 3.05) is 6.54 Å². The molecule has 27 heavy (non-hydrogen) atoms. The van der Waals surface area contributed by atoms with Crippen molar-refractivity contribution in [2.45, 2.75) is 19.0 Å². The van der Waals surface area contributed by atoms with Crippen molar-refractivity contribution in [3.63, 3.8) is 0 Å². The maximum atomic E-state index is 9.95. The number of H-pyrrole nitrogens is 1. The summed E-state index contributed by atoms with van der Waals surface area (Å²) >= 11 is 0. The number of pyridine rings is 1. The van der Waals surface area contributed by atoms with Gasteiger partial charge in [-0.1, -0.05) is 36.4 Å². The Balaban J connectivity index is 1.63. The van der Waals surface area contributed by atoms with Crippen LogP contribution in [0.4, 0.5) is 0 Å². The number of phenols is 1. The molecule has 4 nitrogen and oxygen atoms in total. The summed E-state index contributed by atoms with van der Waals surface area (Å²) < 4.78 is 0. The van der Waals surface area contributed by atoms with Gasteiger partial charge in [0.25, 0.3) is 0 Å². The lowest BCUT2D eigenvalue weighted by atomic mass is 9.92. The second kappa shape index (κ2) is 6.56. The first-order chi connectivity index (χ1) is 13.3. The van der Waals surface area contributed by atoms with E-state index in [0.717, 1.165) is 30.4 Å². The van der Waals surface area contributed by atoms with E-state index in [4.69, 9.17) is 0 Å². The quantitative estimate of drug-likeness (QED) is 0.572. The third kappa shape index (κ3) is 2.88. The average molecular weight is 355 g/mol. The first kappa shape index (κ1) is 16.1. The van der Waals surface area contributed by atoms with Crippen LogP contribution in [-0.4, -0.2) is 26.5 Å². The second-order valence-corrected chi connectivity index (χ2v) is 7.14. The monoisotopic (exact) mass is 355 g/mol. The molecule has 0 radical (unpaired) electrons. The van der Waals surface area contributed by atoms with Crippen LogP contribution in [0.15, 0.2) is 73.1 Å². The van der Waals surface area contributed by atoms with Gasteiger partial charge >= 0.3 is 0 Å². The lowest BCUT2D eigenvalue weighted by molar-refractivity contribution is 0.201. The molecule has 2 N–H and O–H groups in total. The highest BCUT2D eigenvalue weighted by atomic mass is 16.3. The molecular weight excluding hydrogens is 334 g/mol. The van der Waals surface area contributed by atoms with Gasteiger partial charge in [-0.05, 0) is 47.4 Å². The normalized spacial score (nSPS) is 17.1. The van der Waals surface area contributed by atoms with E-state index in [1.54, 1.807) is 6.07 Å². The molecule has 1 aliphatic rings. The maximum absolute atomic E-state index is 9.95. The lowest BCUT2D eigenvalue weighted by Gasteiger charge is -2.36. The molecule has 3 heterocycles. The zero-order valence-corrected chi connectivity index (χ0v) is 15.0. The first-order valence-corrected chi connectivity index (χ1v) is 9.31. The van der Waals surface area contributed by atoms with E-state index in [2.05, 4.69) is 51.3 Å². The van der Waals surface area contributed by atoms with Crippen LogP contribution < -0.4 is 0 Å². The Hall–Kier alpha value is -3.11. The zero-order valence-electron chi connectivity index (χ0n) is 15.0. The van der Waals surface area contributed by atoms with Gasteiger partial charge in [0.2, 0.25) is 0 Å². The van der Waals surface area contributed by atoms with E-state index in [9.17, 15) is 5.11 Å². The van der Waals surface area contributed by atoms with Gasteiger partial charge < -0.3 is 10.1 Å². The summed E-state index contributed by atoms with van der Waals surface area (Å²) in [6.07, 6.45) is 4.74. The number of aromatic hydroxyl groups is 1. The third-order valence-corrected chi connectivity index (χ3v) is 5.44. The van der Waals surface area contributed by atoms with Crippen LogP contribution in [0.2, 0.25) is 0 Å². The summed E-state index contributed by atoms with van der Waals surface area (Å²) in [5.74, 6) is 0.314. The molecule has 0 saturated carbocycles. The predicted octanol–water partition coefficient (Wildman–Crippen LogP) is 4.42. The first-order valence-electron chi connectivity index (χ1n) is 9.31. The molecule has 2 aromatic heterocycles. The Kier molecular flexibility index (Phi) is 3.91. The van der Waals surface area contributed by atoms with Crippen LogP contribution >= 0.6 is 0 Å². The van der Waals surface area contributed by atoms with E-state index >= 15 is 0 Å². The topological polar surface area (TPSA) is 52.1 Å². The van der Waals surface area contributed by atoms with Gasteiger partial charge in [-0.3, -0.25) is 9.88 Å². The molecule has 1 aliphatic heterocycles. The largest absolute Gasteiger partial charge is 0.508 e. The molecule has 0 aliphatic carbocycles. The molecule has 4 aromatic rings. The van der Waals surface area contributed by atoms with E-state index in [1.807, 2.05) is 30.6 Å². The number of nitrogens with zero attached hydrogens (tertiary/aromatic N) is 2. The molecule has 4 heteroatoms. The van der Waals surface area contributed by atoms with Crippen LogP contribution in [0.5, 0.6) is 5.75 Å². The molecule has 0 bridgehead atoms. The van der Waals surface area contributed by atoms with Gasteiger partial charge in [0, 0.05) is 42.1 Å². The van der Waals surface area contributed by atoms with Gasteiger partial charge in [-0.25, -0.2) is 0 Å². The number of fused-ring (bicyclic) bond motifs is 3. The fraction of sp³-hybridized carbons (Fsp3) is 0.174. The predicted molar refractivity (Wildman–Crippen MR) is 107 cm³/mol. The van der Waals surface area contributed by atoms with E-state index < -0.39 is 0 Å². The zero-order chi connectivity index (χ0) is 18.2. The summed E-state index contributed by atoms with van der Waals surface area (Å²) in [5.41, 5.74) is 6.09. The van der Waals surface area contributed by atoms with Gasteiger partial charge in [0.15, 0.2) is 0 Å². The molecule has 0 spiro atoms. The number of rotatable bonds is 3. The highest BCUT2D eigenvalue weighted by molar-refractivity contribution is 5.86. The fourth-order valence-corrected chi connectivity index (χ4v) is 4.23. The number of aromatic nitrogens is 2. The van der Waals surface area contributed by atoms with Gasteiger partial charge in [0.05, 0.1) is 6.04 Å². The van der Waals surface area contributed by atoms with Crippen LogP contribution in [0, 0.1) is 0 Å². The van der Waals surface area contributed by atoms with Gasteiger partial charge in [0.1, 0.15) is 5.75 Å². The Morgan fingerprint density at radius 3 is 2.78 bits per heavy atom. The van der Waals surface area contributed by atoms with Gasteiger partial charge in [-0.2, -0.15) is 0 Å². The number of nitrogens with one attached hydrogen (secondary N) is 1. The number of hydrogen-bond donors (Lipinski definition) is 2. The van der Waals surface area contributed by atoms with Crippen molar-refractivity contribution in [2.24, 2.45) is 0 Å². The van der Waals surface area contributed by atoms with Crippen molar-refractivity contribution in [1.82, 2.24) is 14.9 Å². The van der Waals surface area contributed by atoms with Crippen molar-refractivity contribution in [3.8, 4) is 5.75 Å². The number of hydrogen-bond acceptors (Lipinski definition) is 3. The number of benzene rings is 2.